The number of thiophene rings is 1. The van der Waals surface area contributed by atoms with Gasteiger partial charge >= 0.3 is 0 Å². The van der Waals surface area contributed by atoms with Crippen molar-refractivity contribution in [2.45, 2.75) is 38.2 Å². The third-order valence-corrected chi connectivity index (χ3v) is 5.65. The van der Waals surface area contributed by atoms with Gasteiger partial charge in [0.15, 0.2) is 0 Å². The van der Waals surface area contributed by atoms with Gasteiger partial charge in [-0.1, -0.05) is 6.42 Å². The van der Waals surface area contributed by atoms with E-state index in [1.165, 1.54) is 6.42 Å². The van der Waals surface area contributed by atoms with Gasteiger partial charge in [-0.05, 0) is 42.2 Å². The van der Waals surface area contributed by atoms with Crippen molar-refractivity contribution in [2.75, 3.05) is 32.9 Å². The van der Waals surface area contributed by atoms with E-state index >= 15 is 0 Å². The first-order valence-corrected chi connectivity index (χ1v) is 9.18. The summed E-state index contributed by atoms with van der Waals surface area (Å²) < 4.78 is 11.8. The highest BCUT2D eigenvalue weighted by Crippen LogP contribution is 2.41. The summed E-state index contributed by atoms with van der Waals surface area (Å²) in [4.78, 5) is 14.6. The Bertz CT molecular complexity index is 490. The first kappa shape index (κ1) is 16.0. The summed E-state index contributed by atoms with van der Waals surface area (Å²) >= 11 is 1.64. The molecule has 2 fully saturated rings. The monoisotopic (exact) mass is 323 g/mol. The highest BCUT2D eigenvalue weighted by molar-refractivity contribution is 7.07. The van der Waals surface area contributed by atoms with Gasteiger partial charge in [0.1, 0.15) is 0 Å². The molecule has 2 atom stereocenters. The third kappa shape index (κ3) is 3.36. The Morgan fingerprint density at radius 3 is 3.27 bits per heavy atom. The molecule has 0 unspecified atom stereocenters. The van der Waals surface area contributed by atoms with E-state index in [1.54, 1.807) is 11.3 Å². The minimum Gasteiger partial charge on any atom is -0.381 e. The molecule has 5 heteroatoms. The van der Waals surface area contributed by atoms with E-state index in [9.17, 15) is 4.79 Å². The highest BCUT2D eigenvalue weighted by Gasteiger charge is 2.47. The Kier molecular flexibility index (Phi) is 5.16. The summed E-state index contributed by atoms with van der Waals surface area (Å²) in [6.07, 6.45) is 3.87. The van der Waals surface area contributed by atoms with Crippen LogP contribution in [0.15, 0.2) is 16.8 Å². The second kappa shape index (κ2) is 7.11. The van der Waals surface area contributed by atoms with Crippen LogP contribution in [0, 0.1) is 5.92 Å². The number of ether oxygens (including phenoxy) is 2. The molecule has 1 amide bonds. The number of carbonyl (C=O) groups is 1. The first-order valence-electron chi connectivity index (χ1n) is 8.24. The lowest BCUT2D eigenvalue weighted by atomic mass is 9.89. The number of morpholine rings is 1. The second-order valence-corrected chi connectivity index (χ2v) is 7.07. The largest absolute Gasteiger partial charge is 0.381 e. The molecule has 1 aromatic rings. The van der Waals surface area contributed by atoms with Gasteiger partial charge in [-0.3, -0.25) is 4.79 Å². The van der Waals surface area contributed by atoms with Gasteiger partial charge in [-0.15, -0.1) is 0 Å². The Morgan fingerprint density at radius 2 is 2.50 bits per heavy atom. The van der Waals surface area contributed by atoms with Crippen molar-refractivity contribution in [2.24, 2.45) is 5.92 Å². The number of nitrogens with zero attached hydrogens (tertiary/aromatic N) is 1. The summed E-state index contributed by atoms with van der Waals surface area (Å²) in [7, 11) is 0. The molecule has 2 aliphatic rings. The van der Waals surface area contributed by atoms with Gasteiger partial charge in [0.05, 0.1) is 31.8 Å². The standard InChI is InChI=1S/C17H25NO3S/c1-2-20-11-15-4-3-6-17(15)13-18(7-8-21-17)16(19)10-14-5-9-22-12-14/h5,9,12,15H,2-4,6-8,10-11,13H2,1H3/t15-,17+/m1/s1. The van der Waals surface area contributed by atoms with E-state index < -0.39 is 0 Å². The molecule has 2 heterocycles. The van der Waals surface area contributed by atoms with Crippen molar-refractivity contribution < 1.29 is 14.3 Å². The van der Waals surface area contributed by atoms with Crippen molar-refractivity contribution in [3.05, 3.63) is 22.4 Å². The molecule has 3 rings (SSSR count). The maximum atomic E-state index is 12.6. The van der Waals surface area contributed by atoms with E-state index in [2.05, 4.69) is 5.38 Å². The molecule has 1 saturated heterocycles. The van der Waals surface area contributed by atoms with E-state index in [4.69, 9.17) is 9.47 Å². The van der Waals surface area contributed by atoms with E-state index in [-0.39, 0.29) is 11.5 Å². The van der Waals surface area contributed by atoms with Crippen molar-refractivity contribution in [1.29, 1.82) is 0 Å². The third-order valence-electron chi connectivity index (χ3n) is 4.92. The molecule has 0 radical (unpaired) electrons. The van der Waals surface area contributed by atoms with Crippen molar-refractivity contribution >= 4 is 17.2 Å². The maximum Gasteiger partial charge on any atom is 0.227 e. The lowest BCUT2D eigenvalue weighted by molar-refractivity contribution is -0.161. The van der Waals surface area contributed by atoms with E-state index in [0.29, 0.717) is 25.5 Å². The molecule has 22 heavy (non-hydrogen) atoms. The van der Waals surface area contributed by atoms with Gasteiger partial charge in [0.2, 0.25) is 5.91 Å². The number of hydrogen-bond donors (Lipinski definition) is 0. The number of rotatable bonds is 5. The molecule has 0 N–H and O–H groups in total. The van der Waals surface area contributed by atoms with Crippen LogP contribution in [0.25, 0.3) is 0 Å². The van der Waals surface area contributed by atoms with E-state index in [0.717, 1.165) is 38.2 Å². The van der Waals surface area contributed by atoms with Gasteiger partial charge < -0.3 is 14.4 Å². The predicted molar refractivity (Wildman–Crippen MR) is 87.1 cm³/mol. The molecule has 122 valence electrons. The predicted octanol–water partition coefficient (Wildman–Crippen LogP) is 2.72. The lowest BCUT2D eigenvalue weighted by Gasteiger charge is -2.44. The molecule has 1 aliphatic carbocycles. The molecular weight excluding hydrogens is 298 g/mol. The summed E-state index contributed by atoms with van der Waals surface area (Å²) in [6.45, 7) is 5.62. The summed E-state index contributed by atoms with van der Waals surface area (Å²) in [5.41, 5.74) is 0.949. The summed E-state index contributed by atoms with van der Waals surface area (Å²) in [5, 5.41) is 4.08. The van der Waals surface area contributed by atoms with Crippen molar-refractivity contribution in [3.8, 4) is 0 Å². The smallest absolute Gasteiger partial charge is 0.227 e. The van der Waals surface area contributed by atoms with Gasteiger partial charge in [0.25, 0.3) is 0 Å². The molecule has 1 aromatic heterocycles. The SMILES string of the molecule is CCOC[C@H]1CCC[C@]12CN(C(=O)Cc1ccsc1)CCO2. The van der Waals surface area contributed by atoms with Crippen LogP contribution in [0.4, 0.5) is 0 Å². The van der Waals surface area contributed by atoms with Gasteiger partial charge in [0, 0.05) is 19.1 Å². The second-order valence-electron chi connectivity index (χ2n) is 6.29. The number of hydrogen-bond acceptors (Lipinski definition) is 4. The van der Waals surface area contributed by atoms with Crippen LogP contribution in [0.1, 0.15) is 31.7 Å². The maximum absolute atomic E-state index is 12.6. The zero-order valence-corrected chi connectivity index (χ0v) is 14.1. The first-order chi connectivity index (χ1) is 10.7. The van der Waals surface area contributed by atoms with Crippen LogP contribution in [0.3, 0.4) is 0 Å². The molecule has 1 aliphatic heterocycles. The van der Waals surface area contributed by atoms with Crippen molar-refractivity contribution in [1.82, 2.24) is 4.90 Å². The minimum absolute atomic E-state index is 0.169. The summed E-state index contributed by atoms with van der Waals surface area (Å²) in [6, 6.07) is 2.03. The molecular formula is C17H25NO3S. The fourth-order valence-corrected chi connectivity index (χ4v) is 4.38. The van der Waals surface area contributed by atoms with Gasteiger partial charge in [-0.25, -0.2) is 0 Å². The van der Waals surface area contributed by atoms with Crippen LogP contribution >= 0.6 is 11.3 Å². The van der Waals surface area contributed by atoms with Crippen molar-refractivity contribution in [3.63, 3.8) is 0 Å². The Morgan fingerprint density at radius 1 is 1.59 bits per heavy atom. The average Bonchev–Trinajstić information content (AvgIpc) is 3.16. The zero-order chi connectivity index (χ0) is 15.4. The molecule has 1 saturated carbocycles. The van der Waals surface area contributed by atoms with Crippen LogP contribution < -0.4 is 0 Å². The molecule has 0 aromatic carbocycles. The van der Waals surface area contributed by atoms with Crippen LogP contribution in [-0.4, -0.2) is 49.3 Å². The fourth-order valence-electron chi connectivity index (χ4n) is 3.71. The van der Waals surface area contributed by atoms with Crippen LogP contribution in [0.2, 0.25) is 0 Å². The Balaban J connectivity index is 1.64. The normalized spacial score (nSPS) is 28.4. The Hall–Kier alpha value is -0.910. The lowest BCUT2D eigenvalue weighted by Crippen LogP contribution is -2.56. The van der Waals surface area contributed by atoms with Gasteiger partial charge in [-0.2, -0.15) is 11.3 Å². The minimum atomic E-state index is -0.169. The Labute approximate surface area is 136 Å². The topological polar surface area (TPSA) is 38.8 Å². The van der Waals surface area contributed by atoms with E-state index in [1.807, 2.05) is 23.3 Å². The number of carbonyl (C=O) groups excluding carboxylic acids is 1. The molecule has 1 spiro atoms. The molecule has 0 bridgehead atoms. The highest BCUT2D eigenvalue weighted by atomic mass is 32.1. The summed E-state index contributed by atoms with van der Waals surface area (Å²) in [5.74, 6) is 0.646. The zero-order valence-electron chi connectivity index (χ0n) is 13.3. The number of amides is 1. The quantitative estimate of drug-likeness (QED) is 0.836. The average molecular weight is 323 g/mol. The van der Waals surface area contributed by atoms with Crippen LogP contribution in [0.5, 0.6) is 0 Å². The molecule has 4 nitrogen and oxygen atoms in total. The van der Waals surface area contributed by atoms with Crippen LogP contribution in [-0.2, 0) is 20.7 Å². The fraction of sp³-hybridized carbons (Fsp3) is 0.706.